The van der Waals surface area contributed by atoms with Gasteiger partial charge >= 0.3 is 0 Å². The Balaban J connectivity index is 2.24. The van der Waals surface area contributed by atoms with Gasteiger partial charge in [0.25, 0.3) is 5.69 Å². The molecule has 0 unspecified atom stereocenters. The first-order valence-electron chi connectivity index (χ1n) is 5.21. The zero-order valence-corrected chi connectivity index (χ0v) is 10.5. The second-order valence-electron chi connectivity index (χ2n) is 3.70. The number of nitrogens with two attached hydrogens (primary N) is 1. The average molecular weight is 261 g/mol. The number of anilines is 1. The molecule has 18 heavy (non-hydrogen) atoms. The van der Waals surface area contributed by atoms with E-state index in [2.05, 4.69) is 4.98 Å². The average Bonchev–Trinajstić information content (AvgIpc) is 2.36. The molecule has 0 atom stereocenters. The monoisotopic (exact) mass is 261 g/mol. The molecule has 0 fully saturated rings. The first-order chi connectivity index (χ1) is 8.58. The summed E-state index contributed by atoms with van der Waals surface area (Å²) in [5.74, 6) is 0. The summed E-state index contributed by atoms with van der Waals surface area (Å²) >= 11 is 1.39. The number of pyridine rings is 1. The molecule has 0 aliphatic rings. The molecule has 92 valence electrons. The largest absolute Gasteiger partial charge is 0.396 e. The zero-order valence-electron chi connectivity index (χ0n) is 9.66. The lowest BCUT2D eigenvalue weighted by molar-refractivity contribution is -0.384. The minimum atomic E-state index is -0.423. The third-order valence-electron chi connectivity index (χ3n) is 2.43. The molecule has 0 saturated heterocycles. The van der Waals surface area contributed by atoms with Gasteiger partial charge in [-0.1, -0.05) is 11.8 Å². The maximum Gasteiger partial charge on any atom is 0.269 e. The van der Waals surface area contributed by atoms with Gasteiger partial charge in [0.1, 0.15) is 5.03 Å². The Hall–Kier alpha value is -2.08. The van der Waals surface area contributed by atoms with Crippen LogP contribution in [0.5, 0.6) is 0 Å². The lowest BCUT2D eigenvalue weighted by atomic mass is 10.3. The fourth-order valence-corrected chi connectivity index (χ4v) is 2.25. The normalized spacial score (nSPS) is 10.3. The molecule has 1 aromatic carbocycles. The van der Waals surface area contributed by atoms with Crippen molar-refractivity contribution in [3.63, 3.8) is 0 Å². The van der Waals surface area contributed by atoms with Crippen LogP contribution in [-0.4, -0.2) is 9.91 Å². The van der Waals surface area contributed by atoms with Gasteiger partial charge in [0.05, 0.1) is 10.6 Å². The molecule has 0 aliphatic heterocycles. The number of rotatable bonds is 3. The minimum Gasteiger partial charge on any atom is -0.396 e. The van der Waals surface area contributed by atoms with Gasteiger partial charge in [-0.15, -0.1) is 0 Å². The van der Waals surface area contributed by atoms with Crippen molar-refractivity contribution in [1.82, 2.24) is 4.98 Å². The van der Waals surface area contributed by atoms with Gasteiger partial charge in [0, 0.05) is 23.2 Å². The van der Waals surface area contributed by atoms with Crippen LogP contribution in [-0.2, 0) is 0 Å². The second-order valence-corrected chi connectivity index (χ2v) is 4.76. The molecule has 0 radical (unpaired) electrons. The van der Waals surface area contributed by atoms with E-state index >= 15 is 0 Å². The van der Waals surface area contributed by atoms with Crippen LogP contribution >= 0.6 is 11.8 Å². The van der Waals surface area contributed by atoms with E-state index < -0.39 is 4.92 Å². The van der Waals surface area contributed by atoms with Crippen molar-refractivity contribution in [1.29, 1.82) is 0 Å². The maximum atomic E-state index is 10.5. The highest BCUT2D eigenvalue weighted by molar-refractivity contribution is 7.99. The van der Waals surface area contributed by atoms with Crippen molar-refractivity contribution >= 4 is 23.1 Å². The fourth-order valence-electron chi connectivity index (χ4n) is 1.37. The van der Waals surface area contributed by atoms with Crippen molar-refractivity contribution in [3.8, 4) is 0 Å². The van der Waals surface area contributed by atoms with Crippen LogP contribution in [0.15, 0.2) is 46.5 Å². The number of hydrogen-bond acceptors (Lipinski definition) is 5. The summed E-state index contributed by atoms with van der Waals surface area (Å²) < 4.78 is 0. The maximum absolute atomic E-state index is 10.5. The van der Waals surface area contributed by atoms with Gasteiger partial charge < -0.3 is 5.73 Å². The minimum absolute atomic E-state index is 0.0736. The molecule has 5 nitrogen and oxygen atoms in total. The van der Waals surface area contributed by atoms with E-state index in [1.54, 1.807) is 18.3 Å². The molecule has 2 rings (SSSR count). The Morgan fingerprint density at radius 3 is 2.56 bits per heavy atom. The van der Waals surface area contributed by atoms with Crippen molar-refractivity contribution in [3.05, 3.63) is 52.2 Å². The predicted octanol–water partition coefficient (Wildman–Crippen LogP) is 3.03. The molecular weight excluding hydrogens is 250 g/mol. The molecule has 2 aromatic rings. The molecule has 0 saturated carbocycles. The lowest BCUT2D eigenvalue weighted by Crippen LogP contribution is -1.94. The molecule has 0 amide bonds. The van der Waals surface area contributed by atoms with Gasteiger partial charge in [-0.25, -0.2) is 4.98 Å². The molecule has 0 spiro atoms. The number of nitrogen functional groups attached to an aromatic ring is 1. The van der Waals surface area contributed by atoms with Crippen LogP contribution in [0.2, 0.25) is 0 Å². The SMILES string of the molecule is Cc1ccnc(Sc2ccc([N+](=O)[O-])cc2)c1N. The smallest absolute Gasteiger partial charge is 0.269 e. The van der Waals surface area contributed by atoms with Crippen molar-refractivity contribution < 1.29 is 4.92 Å². The number of aryl methyl sites for hydroxylation is 1. The lowest BCUT2D eigenvalue weighted by Gasteiger charge is -2.06. The van der Waals surface area contributed by atoms with E-state index in [1.165, 1.54) is 23.9 Å². The predicted molar refractivity (Wildman–Crippen MR) is 70.6 cm³/mol. The van der Waals surface area contributed by atoms with Crippen molar-refractivity contribution in [2.24, 2.45) is 0 Å². The number of nitro benzene ring substituents is 1. The Morgan fingerprint density at radius 2 is 1.94 bits per heavy atom. The highest BCUT2D eigenvalue weighted by atomic mass is 32.2. The van der Waals surface area contributed by atoms with Crippen molar-refractivity contribution in [2.75, 3.05) is 5.73 Å². The second kappa shape index (κ2) is 5.05. The van der Waals surface area contributed by atoms with E-state index in [0.717, 1.165) is 10.5 Å². The van der Waals surface area contributed by atoms with Crippen LogP contribution in [0.1, 0.15) is 5.56 Å². The summed E-state index contributed by atoms with van der Waals surface area (Å²) in [6, 6.07) is 8.15. The summed E-state index contributed by atoms with van der Waals surface area (Å²) in [4.78, 5) is 15.2. The summed E-state index contributed by atoms with van der Waals surface area (Å²) in [7, 11) is 0. The van der Waals surface area contributed by atoms with Gasteiger partial charge in [0.2, 0.25) is 0 Å². The number of nitro groups is 1. The molecule has 1 aromatic heterocycles. The number of benzene rings is 1. The van der Waals surface area contributed by atoms with Crippen LogP contribution in [0.3, 0.4) is 0 Å². The van der Waals surface area contributed by atoms with Crippen LogP contribution < -0.4 is 5.73 Å². The molecule has 0 bridgehead atoms. The van der Waals surface area contributed by atoms with Gasteiger partial charge in [-0.05, 0) is 30.7 Å². The quantitative estimate of drug-likeness (QED) is 0.678. The van der Waals surface area contributed by atoms with Crippen LogP contribution in [0, 0.1) is 17.0 Å². The van der Waals surface area contributed by atoms with Gasteiger partial charge in [-0.2, -0.15) is 0 Å². The topological polar surface area (TPSA) is 82.0 Å². The highest BCUT2D eigenvalue weighted by Crippen LogP contribution is 2.32. The Morgan fingerprint density at radius 1 is 1.28 bits per heavy atom. The summed E-state index contributed by atoms with van der Waals surface area (Å²) in [5.41, 5.74) is 7.60. The standard InChI is InChI=1S/C12H11N3O2S/c1-8-6-7-14-12(11(8)13)18-10-4-2-9(3-5-10)15(16)17/h2-7H,13H2,1H3. The Labute approximate surface area is 108 Å². The third kappa shape index (κ3) is 2.60. The van der Waals surface area contributed by atoms with E-state index in [0.29, 0.717) is 10.7 Å². The third-order valence-corrected chi connectivity index (χ3v) is 3.46. The molecule has 2 N–H and O–H groups in total. The number of nitrogens with zero attached hydrogens (tertiary/aromatic N) is 2. The number of non-ortho nitro benzene ring substituents is 1. The van der Waals surface area contributed by atoms with Crippen LogP contribution in [0.4, 0.5) is 11.4 Å². The van der Waals surface area contributed by atoms with Gasteiger partial charge in [-0.3, -0.25) is 10.1 Å². The number of aromatic nitrogens is 1. The van der Waals surface area contributed by atoms with E-state index in [1.807, 2.05) is 13.0 Å². The van der Waals surface area contributed by atoms with Crippen molar-refractivity contribution in [2.45, 2.75) is 16.8 Å². The molecule has 0 aliphatic carbocycles. The zero-order chi connectivity index (χ0) is 13.1. The Bertz CT molecular complexity index is 584. The van der Waals surface area contributed by atoms with Gasteiger partial charge in [0.15, 0.2) is 0 Å². The summed E-state index contributed by atoms with van der Waals surface area (Å²) in [6.07, 6.45) is 1.69. The van der Waals surface area contributed by atoms with Crippen LogP contribution in [0.25, 0.3) is 0 Å². The summed E-state index contributed by atoms with van der Waals surface area (Å²) in [6.45, 7) is 1.91. The molecular formula is C12H11N3O2S. The highest BCUT2D eigenvalue weighted by Gasteiger charge is 2.08. The fraction of sp³-hybridized carbons (Fsp3) is 0.0833. The molecule has 1 heterocycles. The first-order valence-corrected chi connectivity index (χ1v) is 6.03. The first kappa shape index (κ1) is 12.4. The Kier molecular flexibility index (Phi) is 3.47. The number of hydrogen-bond donors (Lipinski definition) is 1. The molecule has 6 heteroatoms. The van der Waals surface area contributed by atoms with E-state index in [4.69, 9.17) is 5.73 Å². The van der Waals surface area contributed by atoms with E-state index in [-0.39, 0.29) is 5.69 Å². The van der Waals surface area contributed by atoms with E-state index in [9.17, 15) is 10.1 Å². The summed E-state index contributed by atoms with van der Waals surface area (Å²) in [5, 5.41) is 11.2.